The normalized spacial score (nSPS) is 38.4. The zero-order valence-corrected chi connectivity index (χ0v) is 9.67. The first kappa shape index (κ1) is 10.7. The molecule has 3 aliphatic carbocycles. The SMILES string of the molecule is CC(C)(C)OC(=O)NC1CC2(N)CC1C2. The highest BCUT2D eigenvalue weighted by Crippen LogP contribution is 2.50. The van der Waals surface area contributed by atoms with Crippen LogP contribution >= 0.6 is 0 Å². The molecular formula is C11H20N2O2. The molecule has 1 atom stereocenters. The fourth-order valence-electron chi connectivity index (χ4n) is 2.67. The molecule has 0 spiro atoms. The second kappa shape index (κ2) is 3.11. The van der Waals surface area contributed by atoms with Gasteiger partial charge in [0.1, 0.15) is 5.60 Å². The summed E-state index contributed by atoms with van der Waals surface area (Å²) in [7, 11) is 0. The Labute approximate surface area is 90.5 Å². The number of hydrogen-bond acceptors (Lipinski definition) is 3. The van der Waals surface area contributed by atoms with Gasteiger partial charge in [-0.1, -0.05) is 0 Å². The Hall–Kier alpha value is -0.770. The summed E-state index contributed by atoms with van der Waals surface area (Å²) in [6.07, 6.45) is 2.68. The summed E-state index contributed by atoms with van der Waals surface area (Å²) in [6, 6.07) is 0.227. The van der Waals surface area contributed by atoms with Crippen molar-refractivity contribution in [3.05, 3.63) is 0 Å². The minimum absolute atomic E-state index is 0.00431. The molecule has 1 amide bonds. The molecule has 0 saturated heterocycles. The first-order valence-corrected chi connectivity index (χ1v) is 5.56. The third-order valence-electron chi connectivity index (χ3n) is 3.24. The van der Waals surface area contributed by atoms with Crippen molar-refractivity contribution >= 4 is 6.09 Å². The number of rotatable bonds is 1. The quantitative estimate of drug-likeness (QED) is 0.690. The van der Waals surface area contributed by atoms with E-state index < -0.39 is 5.60 Å². The molecule has 4 heteroatoms. The van der Waals surface area contributed by atoms with Gasteiger partial charge >= 0.3 is 6.09 Å². The van der Waals surface area contributed by atoms with Gasteiger partial charge in [0, 0.05) is 11.6 Å². The van der Waals surface area contributed by atoms with Gasteiger partial charge in [0.15, 0.2) is 0 Å². The van der Waals surface area contributed by atoms with E-state index in [2.05, 4.69) is 5.32 Å². The van der Waals surface area contributed by atoms with Crippen molar-refractivity contribution in [2.45, 2.75) is 57.2 Å². The van der Waals surface area contributed by atoms with Crippen LogP contribution < -0.4 is 11.1 Å². The van der Waals surface area contributed by atoms with Crippen molar-refractivity contribution in [2.24, 2.45) is 11.7 Å². The lowest BCUT2D eigenvalue weighted by Gasteiger charge is -2.34. The first-order valence-electron chi connectivity index (χ1n) is 5.56. The van der Waals surface area contributed by atoms with Crippen molar-refractivity contribution in [3.8, 4) is 0 Å². The predicted molar refractivity (Wildman–Crippen MR) is 57.4 cm³/mol. The van der Waals surface area contributed by atoms with E-state index in [0.29, 0.717) is 5.92 Å². The second-order valence-corrected chi connectivity index (χ2v) is 5.99. The largest absolute Gasteiger partial charge is 0.444 e. The number of nitrogens with one attached hydrogen (secondary N) is 1. The van der Waals surface area contributed by atoms with E-state index in [1.165, 1.54) is 0 Å². The molecule has 0 aliphatic heterocycles. The molecule has 0 aromatic carbocycles. The zero-order chi connectivity index (χ0) is 11.3. The first-order chi connectivity index (χ1) is 6.77. The van der Waals surface area contributed by atoms with Crippen LogP contribution in [0.15, 0.2) is 0 Å². The van der Waals surface area contributed by atoms with Gasteiger partial charge in [0.25, 0.3) is 0 Å². The fraction of sp³-hybridized carbons (Fsp3) is 0.909. The van der Waals surface area contributed by atoms with Gasteiger partial charge in [0.05, 0.1) is 0 Å². The molecule has 3 N–H and O–H groups in total. The Balaban J connectivity index is 1.81. The Morgan fingerprint density at radius 2 is 2.00 bits per heavy atom. The van der Waals surface area contributed by atoms with Gasteiger partial charge in [-0.15, -0.1) is 0 Å². The van der Waals surface area contributed by atoms with E-state index in [1.807, 2.05) is 20.8 Å². The van der Waals surface area contributed by atoms with Crippen LogP contribution in [0.1, 0.15) is 40.0 Å². The number of fused-ring (bicyclic) bond motifs is 1. The highest BCUT2D eigenvalue weighted by molar-refractivity contribution is 5.68. The van der Waals surface area contributed by atoms with Crippen LogP contribution in [0.4, 0.5) is 4.79 Å². The number of hydrogen-bond donors (Lipinski definition) is 2. The smallest absolute Gasteiger partial charge is 0.407 e. The van der Waals surface area contributed by atoms with Crippen molar-refractivity contribution in [1.82, 2.24) is 5.32 Å². The van der Waals surface area contributed by atoms with Crippen LogP contribution in [-0.2, 0) is 4.74 Å². The average Bonchev–Trinajstić information content (AvgIpc) is 2.35. The van der Waals surface area contributed by atoms with Crippen molar-refractivity contribution in [2.75, 3.05) is 0 Å². The minimum Gasteiger partial charge on any atom is -0.444 e. The van der Waals surface area contributed by atoms with Crippen LogP contribution in [0.25, 0.3) is 0 Å². The highest BCUT2D eigenvalue weighted by atomic mass is 16.6. The van der Waals surface area contributed by atoms with E-state index in [0.717, 1.165) is 19.3 Å². The topological polar surface area (TPSA) is 64.3 Å². The van der Waals surface area contributed by atoms with Crippen LogP contribution in [0.3, 0.4) is 0 Å². The van der Waals surface area contributed by atoms with Gasteiger partial charge in [0.2, 0.25) is 0 Å². The molecule has 0 heterocycles. The molecule has 2 bridgehead atoms. The van der Waals surface area contributed by atoms with Gasteiger partial charge in [-0.3, -0.25) is 0 Å². The van der Waals surface area contributed by atoms with Gasteiger partial charge in [-0.25, -0.2) is 4.79 Å². The maximum absolute atomic E-state index is 11.5. The summed E-state index contributed by atoms with van der Waals surface area (Å²) in [6.45, 7) is 5.60. The highest BCUT2D eigenvalue weighted by Gasteiger charge is 2.54. The Morgan fingerprint density at radius 3 is 2.40 bits per heavy atom. The summed E-state index contributed by atoms with van der Waals surface area (Å²) in [5.74, 6) is 0.572. The molecule has 3 fully saturated rings. The lowest BCUT2D eigenvalue weighted by Crippen LogP contribution is -2.44. The molecule has 3 saturated carbocycles. The predicted octanol–water partition coefficient (Wildman–Crippen LogP) is 1.39. The van der Waals surface area contributed by atoms with Gasteiger partial charge < -0.3 is 15.8 Å². The number of ether oxygens (including phenoxy) is 1. The summed E-state index contributed by atoms with van der Waals surface area (Å²) < 4.78 is 5.21. The van der Waals surface area contributed by atoms with Crippen molar-refractivity contribution < 1.29 is 9.53 Å². The van der Waals surface area contributed by atoms with E-state index in [1.54, 1.807) is 0 Å². The monoisotopic (exact) mass is 212 g/mol. The molecule has 0 aromatic heterocycles. The molecule has 1 unspecified atom stereocenters. The summed E-state index contributed by atoms with van der Waals surface area (Å²) in [5.41, 5.74) is 5.62. The van der Waals surface area contributed by atoms with Crippen molar-refractivity contribution in [3.63, 3.8) is 0 Å². The van der Waals surface area contributed by atoms with E-state index in [4.69, 9.17) is 10.5 Å². The molecular weight excluding hydrogens is 192 g/mol. The molecule has 4 nitrogen and oxygen atoms in total. The average molecular weight is 212 g/mol. The summed E-state index contributed by atoms with van der Waals surface area (Å²) in [5, 5.41) is 2.91. The molecule has 0 radical (unpaired) electrons. The third-order valence-corrected chi connectivity index (χ3v) is 3.24. The lowest BCUT2D eigenvalue weighted by atomic mass is 9.78. The third kappa shape index (κ3) is 2.25. The van der Waals surface area contributed by atoms with Crippen LogP contribution in [0, 0.1) is 5.92 Å². The molecule has 86 valence electrons. The maximum atomic E-state index is 11.5. The molecule has 0 aromatic rings. The fourth-order valence-corrected chi connectivity index (χ4v) is 2.67. The number of alkyl carbamates (subject to hydrolysis) is 1. The molecule has 3 rings (SSSR count). The second-order valence-electron chi connectivity index (χ2n) is 5.99. The minimum atomic E-state index is -0.425. The van der Waals surface area contributed by atoms with Crippen LogP contribution in [0.2, 0.25) is 0 Å². The van der Waals surface area contributed by atoms with Crippen molar-refractivity contribution in [1.29, 1.82) is 0 Å². The van der Waals surface area contributed by atoms with Crippen LogP contribution in [-0.4, -0.2) is 23.3 Å². The number of nitrogens with two attached hydrogens (primary N) is 1. The Morgan fingerprint density at radius 1 is 1.40 bits per heavy atom. The standard InChI is InChI=1S/C11H20N2O2/c1-10(2,3)15-9(14)13-8-6-11(12)4-7(8)5-11/h7-8H,4-6,12H2,1-3H3,(H,13,14). The van der Waals surface area contributed by atoms with Gasteiger partial charge in [-0.2, -0.15) is 0 Å². The van der Waals surface area contributed by atoms with Crippen LogP contribution in [0.5, 0.6) is 0 Å². The molecule has 15 heavy (non-hydrogen) atoms. The summed E-state index contributed by atoms with van der Waals surface area (Å²) in [4.78, 5) is 11.5. The van der Waals surface area contributed by atoms with E-state index in [-0.39, 0.29) is 17.7 Å². The number of carbonyl (C=O) groups is 1. The zero-order valence-electron chi connectivity index (χ0n) is 9.67. The lowest BCUT2D eigenvalue weighted by molar-refractivity contribution is 0.0494. The Bertz CT molecular complexity index is 277. The number of carbonyl (C=O) groups excluding carboxylic acids is 1. The van der Waals surface area contributed by atoms with Gasteiger partial charge in [-0.05, 0) is 46.0 Å². The van der Waals surface area contributed by atoms with E-state index >= 15 is 0 Å². The summed E-state index contributed by atoms with van der Waals surface area (Å²) >= 11 is 0. The Kier molecular flexibility index (Phi) is 2.23. The maximum Gasteiger partial charge on any atom is 0.407 e. The molecule has 3 aliphatic rings. The van der Waals surface area contributed by atoms with E-state index in [9.17, 15) is 4.79 Å². The number of amides is 1.